The quantitative estimate of drug-likeness (QED) is 0.711. The number of thiophene rings is 1. The van der Waals surface area contributed by atoms with E-state index in [1.54, 1.807) is 38.4 Å². The van der Waals surface area contributed by atoms with Gasteiger partial charge in [-0.2, -0.15) is 0 Å². The lowest BCUT2D eigenvalue weighted by Gasteiger charge is -2.35. The number of fused-ring (bicyclic) bond motifs is 1. The number of rotatable bonds is 4. The Balaban J connectivity index is 2.10. The van der Waals surface area contributed by atoms with E-state index >= 15 is 0 Å². The first kappa shape index (κ1) is 19.2. The van der Waals surface area contributed by atoms with Crippen molar-refractivity contribution in [2.45, 2.75) is 11.0 Å². The predicted octanol–water partition coefficient (Wildman–Crippen LogP) is 1.58. The molecule has 0 bridgehead atoms. The Morgan fingerprint density at radius 2 is 1.96 bits per heavy atom. The summed E-state index contributed by atoms with van der Waals surface area (Å²) in [7, 11) is 0.208. The summed E-state index contributed by atoms with van der Waals surface area (Å²) in [6.07, 6.45) is -0.995. The Bertz CT molecular complexity index is 983. The number of carbonyl (C=O) groups excluding carboxylic acids is 2. The van der Waals surface area contributed by atoms with Gasteiger partial charge < -0.3 is 14.4 Å². The van der Waals surface area contributed by atoms with Crippen molar-refractivity contribution in [3.05, 3.63) is 40.6 Å². The van der Waals surface area contributed by atoms with E-state index in [4.69, 9.17) is 4.74 Å². The van der Waals surface area contributed by atoms with Crippen LogP contribution in [0.15, 0.2) is 40.6 Å². The summed E-state index contributed by atoms with van der Waals surface area (Å²) in [6, 6.07) is 7.91. The average Bonchev–Trinajstić information content (AvgIpc) is 3.16. The summed E-state index contributed by atoms with van der Waals surface area (Å²) in [5, 5.41) is 1.51. The summed E-state index contributed by atoms with van der Waals surface area (Å²) in [5.74, 6) is -0.809. The molecule has 1 amide bonds. The maximum absolute atomic E-state index is 13.3. The third-order valence-corrected chi connectivity index (χ3v) is 6.86. The highest BCUT2D eigenvalue weighted by molar-refractivity contribution is 7.93. The molecule has 27 heavy (non-hydrogen) atoms. The van der Waals surface area contributed by atoms with E-state index in [2.05, 4.69) is 4.74 Å². The number of para-hydroxylation sites is 2. The molecule has 0 saturated heterocycles. The zero-order valence-corrected chi connectivity index (χ0v) is 16.5. The normalized spacial score (nSPS) is 16.3. The van der Waals surface area contributed by atoms with Crippen LogP contribution in [-0.2, 0) is 19.6 Å². The van der Waals surface area contributed by atoms with Gasteiger partial charge in [-0.1, -0.05) is 12.1 Å². The van der Waals surface area contributed by atoms with Gasteiger partial charge in [0.2, 0.25) is 0 Å². The highest BCUT2D eigenvalue weighted by Crippen LogP contribution is 2.38. The molecule has 144 valence electrons. The highest BCUT2D eigenvalue weighted by Gasteiger charge is 2.39. The summed E-state index contributed by atoms with van der Waals surface area (Å²) < 4.78 is 38.2. The second kappa shape index (κ2) is 7.20. The number of likely N-dealkylation sites (N-methyl/N-ethyl adjacent to an activating group) is 1. The van der Waals surface area contributed by atoms with Crippen LogP contribution in [0, 0.1) is 0 Å². The molecule has 8 nitrogen and oxygen atoms in total. The lowest BCUT2D eigenvalue weighted by molar-refractivity contribution is -0.135. The monoisotopic (exact) mass is 410 g/mol. The molecular weight excluding hydrogens is 392 g/mol. The molecule has 1 aliphatic rings. The van der Waals surface area contributed by atoms with Crippen molar-refractivity contribution in [1.82, 2.24) is 4.90 Å². The van der Waals surface area contributed by atoms with Crippen LogP contribution < -0.4 is 9.04 Å². The molecule has 0 saturated carbocycles. The van der Waals surface area contributed by atoms with Crippen LogP contribution in [0.25, 0.3) is 0 Å². The standard InChI is InChI=1S/C17H18N2O6S2/c1-18(2)16(20)13-10-19(11-6-4-5-7-12(11)25-13)27(22,23)14-8-9-26-15(14)17(21)24-3/h4-9,13H,10H2,1-3H3/t13-/m1/s1. The third-order valence-electron chi connectivity index (χ3n) is 4.02. The lowest BCUT2D eigenvalue weighted by atomic mass is 10.2. The fraction of sp³-hybridized carbons (Fsp3) is 0.294. The van der Waals surface area contributed by atoms with E-state index in [9.17, 15) is 18.0 Å². The molecular formula is C17H18N2O6S2. The van der Waals surface area contributed by atoms with Crippen molar-refractivity contribution in [1.29, 1.82) is 0 Å². The number of carbonyl (C=O) groups is 2. The molecule has 2 aromatic rings. The van der Waals surface area contributed by atoms with Crippen LogP contribution in [0.3, 0.4) is 0 Å². The minimum Gasteiger partial charge on any atom is -0.476 e. The van der Waals surface area contributed by atoms with Crippen LogP contribution in [0.1, 0.15) is 9.67 Å². The molecule has 0 radical (unpaired) electrons. The Kier molecular flexibility index (Phi) is 5.11. The average molecular weight is 410 g/mol. The van der Waals surface area contributed by atoms with Crippen molar-refractivity contribution in [3.63, 3.8) is 0 Å². The maximum Gasteiger partial charge on any atom is 0.349 e. The highest BCUT2D eigenvalue weighted by atomic mass is 32.2. The van der Waals surface area contributed by atoms with Crippen LogP contribution in [0.5, 0.6) is 5.75 Å². The first-order valence-electron chi connectivity index (χ1n) is 7.92. The van der Waals surface area contributed by atoms with Gasteiger partial charge in [0.15, 0.2) is 6.10 Å². The molecule has 0 fully saturated rings. The molecule has 1 aromatic heterocycles. The van der Waals surface area contributed by atoms with Crippen molar-refractivity contribution in [3.8, 4) is 5.75 Å². The van der Waals surface area contributed by atoms with Crippen LogP contribution >= 0.6 is 11.3 Å². The third kappa shape index (κ3) is 3.37. The number of sulfonamides is 1. The molecule has 0 N–H and O–H groups in total. The fourth-order valence-electron chi connectivity index (χ4n) is 2.71. The van der Waals surface area contributed by atoms with E-state index < -0.39 is 22.1 Å². The summed E-state index contributed by atoms with van der Waals surface area (Å²) in [4.78, 5) is 25.5. The minimum absolute atomic E-state index is 0.0167. The summed E-state index contributed by atoms with van der Waals surface area (Å²) in [5.41, 5.74) is 0.308. The van der Waals surface area contributed by atoms with Gasteiger partial charge in [0.05, 0.1) is 19.3 Å². The fourth-order valence-corrected chi connectivity index (χ4v) is 5.49. The maximum atomic E-state index is 13.3. The number of nitrogens with zero attached hydrogens (tertiary/aromatic N) is 2. The van der Waals surface area contributed by atoms with E-state index in [-0.39, 0.29) is 28.0 Å². The molecule has 0 spiro atoms. The van der Waals surface area contributed by atoms with Gasteiger partial charge in [0.1, 0.15) is 15.5 Å². The molecule has 1 atom stereocenters. The molecule has 3 rings (SSSR count). The van der Waals surface area contributed by atoms with Gasteiger partial charge in [0.25, 0.3) is 15.9 Å². The van der Waals surface area contributed by atoms with Crippen molar-refractivity contribution in [2.24, 2.45) is 0 Å². The molecule has 10 heteroatoms. The Morgan fingerprint density at radius 1 is 1.26 bits per heavy atom. The number of methoxy groups -OCH3 is 1. The van der Waals surface area contributed by atoms with E-state index in [0.29, 0.717) is 5.69 Å². The van der Waals surface area contributed by atoms with E-state index in [1.807, 2.05) is 0 Å². The van der Waals surface area contributed by atoms with E-state index in [1.165, 1.54) is 23.5 Å². The zero-order chi connectivity index (χ0) is 19.8. The van der Waals surface area contributed by atoms with E-state index in [0.717, 1.165) is 15.6 Å². The Morgan fingerprint density at radius 3 is 2.63 bits per heavy atom. The van der Waals surface area contributed by atoms with Gasteiger partial charge in [-0.3, -0.25) is 9.10 Å². The number of hydrogen-bond acceptors (Lipinski definition) is 7. The smallest absolute Gasteiger partial charge is 0.349 e. The number of ether oxygens (including phenoxy) is 2. The molecule has 0 aliphatic carbocycles. The molecule has 1 aromatic carbocycles. The first-order valence-corrected chi connectivity index (χ1v) is 10.2. The molecule has 0 unspecified atom stereocenters. The number of hydrogen-bond donors (Lipinski definition) is 0. The van der Waals surface area contributed by atoms with Crippen LogP contribution in [-0.4, -0.2) is 59.0 Å². The Labute approximate surface area is 161 Å². The predicted molar refractivity (Wildman–Crippen MR) is 99.7 cm³/mol. The van der Waals surface area contributed by atoms with Crippen LogP contribution in [0.2, 0.25) is 0 Å². The van der Waals surface area contributed by atoms with Gasteiger partial charge in [0, 0.05) is 14.1 Å². The largest absolute Gasteiger partial charge is 0.476 e. The number of benzene rings is 1. The van der Waals surface area contributed by atoms with Crippen molar-refractivity contribution in [2.75, 3.05) is 32.1 Å². The lowest BCUT2D eigenvalue weighted by Crippen LogP contribution is -2.50. The van der Waals surface area contributed by atoms with Crippen LogP contribution in [0.4, 0.5) is 5.69 Å². The number of amides is 1. The number of anilines is 1. The first-order chi connectivity index (χ1) is 12.8. The van der Waals surface area contributed by atoms with Gasteiger partial charge in [-0.05, 0) is 23.6 Å². The SMILES string of the molecule is COC(=O)c1sccc1S(=O)(=O)N1C[C@H](C(=O)N(C)C)Oc2ccccc21. The summed E-state index contributed by atoms with van der Waals surface area (Å²) >= 11 is 0.980. The van der Waals surface area contributed by atoms with Crippen molar-refractivity contribution >= 4 is 38.9 Å². The van der Waals surface area contributed by atoms with Gasteiger partial charge >= 0.3 is 5.97 Å². The topological polar surface area (TPSA) is 93.2 Å². The van der Waals surface area contributed by atoms with Crippen molar-refractivity contribution < 1.29 is 27.5 Å². The number of esters is 1. The zero-order valence-electron chi connectivity index (χ0n) is 14.9. The summed E-state index contributed by atoms with van der Waals surface area (Å²) in [6.45, 7) is -0.202. The minimum atomic E-state index is -4.12. The molecule has 1 aliphatic heterocycles. The second-order valence-corrected chi connectivity index (χ2v) is 8.70. The van der Waals surface area contributed by atoms with Gasteiger partial charge in [-0.15, -0.1) is 11.3 Å². The Hall–Kier alpha value is -2.59. The molecule has 2 heterocycles. The van der Waals surface area contributed by atoms with Gasteiger partial charge in [-0.25, -0.2) is 13.2 Å². The second-order valence-electron chi connectivity index (χ2n) is 5.95.